The summed E-state index contributed by atoms with van der Waals surface area (Å²) in [6, 6.07) is -0.989. The average molecular weight is 266 g/mol. The molecular weight excluding hydrogens is 248 g/mol. The minimum absolute atomic E-state index is 0.0712. The van der Waals surface area contributed by atoms with Crippen LogP contribution in [0, 0.1) is 5.41 Å². The largest absolute Gasteiger partial charge is 0.469 e. The van der Waals surface area contributed by atoms with Crippen LogP contribution in [0.1, 0.15) is 25.7 Å². The Balaban J connectivity index is 1.98. The van der Waals surface area contributed by atoms with Crippen LogP contribution in [-0.4, -0.2) is 53.3 Å². The van der Waals surface area contributed by atoms with E-state index < -0.39 is 30.7 Å². The molecule has 4 nitrogen and oxygen atoms in total. The fourth-order valence-electron chi connectivity index (χ4n) is 2.84. The fraction of sp³-hybridized carbons (Fsp3) is 1.00. The topological polar surface area (TPSA) is 69.7 Å². The molecule has 2 atom stereocenters. The number of rotatable bonds is 4. The van der Waals surface area contributed by atoms with E-state index in [1.807, 2.05) is 0 Å². The SMILES string of the molecule is N[C@@H](CN1CCC[C@H]1B(O)O)C1(C(F)(F)F)CC1. The highest BCUT2D eigenvalue weighted by atomic mass is 19.4. The van der Waals surface area contributed by atoms with Crippen LogP contribution in [0.5, 0.6) is 0 Å². The molecule has 2 aliphatic rings. The van der Waals surface area contributed by atoms with Gasteiger partial charge in [0.1, 0.15) is 0 Å². The van der Waals surface area contributed by atoms with Crippen molar-refractivity contribution in [2.75, 3.05) is 13.1 Å². The third-order valence-corrected chi connectivity index (χ3v) is 4.25. The third-order valence-electron chi connectivity index (χ3n) is 4.25. The van der Waals surface area contributed by atoms with Crippen molar-refractivity contribution < 1.29 is 23.2 Å². The molecule has 0 radical (unpaired) electrons. The zero-order valence-electron chi connectivity index (χ0n) is 10.0. The van der Waals surface area contributed by atoms with Crippen LogP contribution in [0.2, 0.25) is 0 Å². The molecule has 1 aliphatic carbocycles. The zero-order chi connectivity index (χ0) is 13.6. The summed E-state index contributed by atoms with van der Waals surface area (Å²) in [6.07, 6.45) is -2.76. The molecule has 4 N–H and O–H groups in total. The first-order valence-electron chi connectivity index (χ1n) is 6.20. The van der Waals surface area contributed by atoms with Gasteiger partial charge in [0, 0.05) is 18.5 Å². The van der Waals surface area contributed by atoms with Crippen LogP contribution in [0.15, 0.2) is 0 Å². The van der Waals surface area contributed by atoms with Crippen LogP contribution in [0.25, 0.3) is 0 Å². The predicted octanol–water partition coefficient (Wildman–Crippen LogP) is 0.133. The van der Waals surface area contributed by atoms with E-state index in [1.54, 1.807) is 4.90 Å². The number of likely N-dealkylation sites (tertiary alicyclic amines) is 1. The van der Waals surface area contributed by atoms with Crippen molar-refractivity contribution in [2.45, 2.75) is 43.8 Å². The lowest BCUT2D eigenvalue weighted by Crippen LogP contribution is -2.52. The van der Waals surface area contributed by atoms with Crippen molar-refractivity contribution in [3.8, 4) is 0 Å². The molecule has 0 amide bonds. The Bertz CT molecular complexity index is 310. The molecule has 8 heteroatoms. The molecule has 2 rings (SSSR count). The van der Waals surface area contributed by atoms with Gasteiger partial charge in [-0.05, 0) is 32.2 Å². The summed E-state index contributed by atoms with van der Waals surface area (Å²) in [7, 11) is -1.51. The first kappa shape index (κ1) is 14.1. The van der Waals surface area contributed by atoms with E-state index >= 15 is 0 Å². The summed E-state index contributed by atoms with van der Waals surface area (Å²) in [4.78, 5) is 1.67. The molecule has 1 saturated heterocycles. The molecular formula is C10H18BF3N2O2. The molecule has 1 saturated carbocycles. The number of hydrogen-bond acceptors (Lipinski definition) is 4. The molecule has 0 spiro atoms. The van der Waals surface area contributed by atoms with Gasteiger partial charge in [0.15, 0.2) is 0 Å². The van der Waals surface area contributed by atoms with Crippen molar-refractivity contribution in [1.29, 1.82) is 0 Å². The van der Waals surface area contributed by atoms with Crippen molar-refractivity contribution >= 4 is 7.12 Å². The standard InChI is InChI=1S/C10H18BF3N2O2/c12-10(13,14)9(3-4-9)7(15)6-16-5-1-2-8(16)11(17)18/h7-8,17-18H,1-6,15H2/t7-,8-/m0/s1. The van der Waals surface area contributed by atoms with Crippen molar-refractivity contribution in [1.82, 2.24) is 4.90 Å². The smallest absolute Gasteiger partial charge is 0.426 e. The maximum Gasteiger partial charge on any atom is 0.469 e. The summed E-state index contributed by atoms with van der Waals surface area (Å²) in [5.74, 6) is -0.486. The first-order valence-corrected chi connectivity index (χ1v) is 6.20. The number of hydrogen-bond donors (Lipinski definition) is 3. The Kier molecular flexibility index (Phi) is 3.66. The summed E-state index contributed by atoms with van der Waals surface area (Å²) in [5, 5.41) is 18.3. The Hall–Kier alpha value is -0.305. The monoisotopic (exact) mass is 266 g/mol. The minimum atomic E-state index is -4.26. The van der Waals surface area contributed by atoms with E-state index in [2.05, 4.69) is 0 Å². The lowest BCUT2D eigenvalue weighted by atomic mass is 9.77. The normalized spacial score (nSPS) is 29.3. The number of alkyl halides is 3. The second-order valence-electron chi connectivity index (χ2n) is 5.38. The quantitative estimate of drug-likeness (QED) is 0.633. The first-order chi connectivity index (χ1) is 8.28. The van der Waals surface area contributed by atoms with Crippen LogP contribution >= 0.6 is 0 Å². The van der Waals surface area contributed by atoms with E-state index in [0.717, 1.165) is 6.42 Å². The van der Waals surface area contributed by atoms with Crippen molar-refractivity contribution in [3.05, 3.63) is 0 Å². The van der Waals surface area contributed by atoms with Gasteiger partial charge in [0.25, 0.3) is 0 Å². The van der Waals surface area contributed by atoms with Gasteiger partial charge in [0.05, 0.1) is 5.41 Å². The zero-order valence-corrected chi connectivity index (χ0v) is 10.0. The molecule has 104 valence electrons. The highest BCUT2D eigenvalue weighted by molar-refractivity contribution is 6.43. The van der Waals surface area contributed by atoms with Gasteiger partial charge in [-0.1, -0.05) is 0 Å². The molecule has 0 unspecified atom stereocenters. The minimum Gasteiger partial charge on any atom is -0.426 e. The van der Waals surface area contributed by atoms with E-state index in [4.69, 9.17) is 15.8 Å². The fourth-order valence-corrected chi connectivity index (χ4v) is 2.84. The van der Waals surface area contributed by atoms with Gasteiger partial charge in [-0.3, -0.25) is 0 Å². The Morgan fingerprint density at radius 1 is 1.39 bits per heavy atom. The van der Waals surface area contributed by atoms with Gasteiger partial charge in [-0.15, -0.1) is 0 Å². The Morgan fingerprint density at radius 3 is 2.44 bits per heavy atom. The summed E-state index contributed by atoms with van der Waals surface area (Å²) < 4.78 is 38.6. The lowest BCUT2D eigenvalue weighted by molar-refractivity contribution is -0.194. The van der Waals surface area contributed by atoms with Crippen LogP contribution < -0.4 is 5.73 Å². The van der Waals surface area contributed by atoms with Crippen molar-refractivity contribution in [3.63, 3.8) is 0 Å². The average Bonchev–Trinajstić information content (AvgIpc) is 2.94. The number of nitrogens with two attached hydrogens (primary N) is 1. The summed E-state index contributed by atoms with van der Waals surface area (Å²) in [5.41, 5.74) is 3.97. The molecule has 18 heavy (non-hydrogen) atoms. The molecule has 0 aromatic carbocycles. The molecule has 2 fully saturated rings. The molecule has 0 aromatic heterocycles. The lowest BCUT2D eigenvalue weighted by Gasteiger charge is -2.32. The molecule has 0 aromatic rings. The van der Waals surface area contributed by atoms with Crippen molar-refractivity contribution in [2.24, 2.45) is 11.1 Å². The maximum atomic E-state index is 12.9. The van der Waals surface area contributed by atoms with Crippen LogP contribution in [-0.2, 0) is 0 Å². The second kappa shape index (κ2) is 4.66. The van der Waals surface area contributed by atoms with Gasteiger partial charge in [0.2, 0.25) is 0 Å². The highest BCUT2D eigenvalue weighted by Crippen LogP contribution is 2.59. The van der Waals surface area contributed by atoms with Gasteiger partial charge >= 0.3 is 13.3 Å². The second-order valence-corrected chi connectivity index (χ2v) is 5.38. The number of nitrogens with zero attached hydrogens (tertiary/aromatic N) is 1. The maximum absolute atomic E-state index is 12.9. The third kappa shape index (κ3) is 2.39. The Labute approximate surface area is 104 Å². The molecule has 1 aliphatic heterocycles. The van der Waals surface area contributed by atoms with Gasteiger partial charge in [-0.25, -0.2) is 0 Å². The Morgan fingerprint density at radius 2 is 2.00 bits per heavy atom. The van der Waals surface area contributed by atoms with Crippen LogP contribution in [0.4, 0.5) is 13.2 Å². The summed E-state index contributed by atoms with van der Waals surface area (Å²) >= 11 is 0. The molecule has 0 bridgehead atoms. The van der Waals surface area contributed by atoms with E-state index in [9.17, 15) is 13.2 Å². The van der Waals surface area contributed by atoms with E-state index in [1.165, 1.54) is 0 Å². The van der Waals surface area contributed by atoms with Crippen LogP contribution in [0.3, 0.4) is 0 Å². The van der Waals surface area contributed by atoms with Gasteiger partial charge < -0.3 is 20.7 Å². The van der Waals surface area contributed by atoms with E-state index in [-0.39, 0.29) is 19.4 Å². The highest BCUT2D eigenvalue weighted by Gasteiger charge is 2.66. The predicted molar refractivity (Wildman–Crippen MR) is 60.5 cm³/mol. The number of halogens is 3. The van der Waals surface area contributed by atoms with E-state index in [0.29, 0.717) is 13.0 Å². The summed E-state index contributed by atoms with van der Waals surface area (Å²) in [6.45, 7) is 0.645. The van der Waals surface area contributed by atoms with Gasteiger partial charge in [-0.2, -0.15) is 13.2 Å². The molecule has 1 heterocycles.